The van der Waals surface area contributed by atoms with Crippen molar-refractivity contribution in [3.8, 4) is 5.82 Å². The summed E-state index contributed by atoms with van der Waals surface area (Å²) in [6, 6.07) is 12.1. The topological polar surface area (TPSA) is 84.3 Å². The Kier molecular flexibility index (Phi) is 5.02. The predicted molar refractivity (Wildman–Crippen MR) is 118 cm³/mol. The number of urea groups is 1. The number of hydrogen-bond donors (Lipinski definition) is 1. The number of pyridine rings is 1. The number of nitrogens with zero attached hydrogens (tertiary/aromatic N) is 3. The van der Waals surface area contributed by atoms with Gasteiger partial charge in [0, 0.05) is 17.6 Å². The third-order valence-electron chi connectivity index (χ3n) is 5.35. The van der Waals surface area contributed by atoms with E-state index in [1.807, 2.05) is 49.6 Å². The standard InChI is InChI=1S/C24H22N4O3/c1-14-9-10-21(25-13-14)27-16(3)11-18(17(27)4)12-19-22(29)26-24(31)28(23(19)30)20-8-6-5-7-15(20)2/h5-13H,1-4H3,(H,26,29,31)/b19-12-. The Morgan fingerprint density at radius 3 is 2.39 bits per heavy atom. The van der Waals surface area contributed by atoms with Gasteiger partial charge in [-0.15, -0.1) is 0 Å². The van der Waals surface area contributed by atoms with Gasteiger partial charge in [-0.3, -0.25) is 14.9 Å². The van der Waals surface area contributed by atoms with Crippen LogP contribution in [0.15, 0.2) is 54.2 Å². The number of anilines is 1. The van der Waals surface area contributed by atoms with E-state index in [0.29, 0.717) is 11.3 Å². The van der Waals surface area contributed by atoms with Crippen molar-refractivity contribution in [1.29, 1.82) is 0 Å². The van der Waals surface area contributed by atoms with E-state index >= 15 is 0 Å². The van der Waals surface area contributed by atoms with Crippen molar-refractivity contribution in [2.75, 3.05) is 4.90 Å². The molecule has 0 unspecified atom stereocenters. The number of imide groups is 2. The summed E-state index contributed by atoms with van der Waals surface area (Å²) in [5.41, 5.74) is 4.61. The second-order valence-electron chi connectivity index (χ2n) is 7.60. The summed E-state index contributed by atoms with van der Waals surface area (Å²) >= 11 is 0. The molecule has 1 aromatic carbocycles. The monoisotopic (exact) mass is 414 g/mol. The molecular formula is C24H22N4O3. The van der Waals surface area contributed by atoms with Gasteiger partial charge >= 0.3 is 6.03 Å². The summed E-state index contributed by atoms with van der Waals surface area (Å²) in [6.45, 7) is 7.60. The van der Waals surface area contributed by atoms with Crippen LogP contribution in [0.2, 0.25) is 0 Å². The van der Waals surface area contributed by atoms with Gasteiger partial charge in [-0.05, 0) is 68.7 Å². The molecule has 1 saturated heterocycles. The fourth-order valence-corrected chi connectivity index (χ4v) is 3.72. The lowest BCUT2D eigenvalue weighted by Gasteiger charge is -2.27. The van der Waals surface area contributed by atoms with Gasteiger partial charge in [0.1, 0.15) is 11.4 Å². The number of para-hydroxylation sites is 1. The van der Waals surface area contributed by atoms with Crippen LogP contribution in [0.1, 0.15) is 28.1 Å². The van der Waals surface area contributed by atoms with E-state index < -0.39 is 17.8 Å². The molecule has 4 amide bonds. The molecule has 4 rings (SSSR count). The van der Waals surface area contributed by atoms with Crippen LogP contribution in [0.4, 0.5) is 10.5 Å². The first-order valence-corrected chi connectivity index (χ1v) is 9.87. The molecule has 0 radical (unpaired) electrons. The van der Waals surface area contributed by atoms with Crippen LogP contribution in [-0.4, -0.2) is 27.4 Å². The molecule has 0 atom stereocenters. The quantitative estimate of drug-likeness (QED) is 0.522. The minimum absolute atomic E-state index is 0.0973. The third-order valence-corrected chi connectivity index (χ3v) is 5.35. The minimum atomic E-state index is -0.754. The summed E-state index contributed by atoms with van der Waals surface area (Å²) in [6.07, 6.45) is 3.32. The molecule has 7 heteroatoms. The molecule has 0 saturated carbocycles. The van der Waals surface area contributed by atoms with Crippen LogP contribution in [0.3, 0.4) is 0 Å². The van der Waals surface area contributed by atoms with E-state index in [1.54, 1.807) is 31.3 Å². The summed E-state index contributed by atoms with van der Waals surface area (Å²) in [7, 11) is 0. The van der Waals surface area contributed by atoms with Gasteiger partial charge in [-0.2, -0.15) is 0 Å². The second-order valence-corrected chi connectivity index (χ2v) is 7.60. The van der Waals surface area contributed by atoms with Gasteiger partial charge in [0.15, 0.2) is 0 Å². The molecule has 1 aliphatic heterocycles. The Bertz CT molecular complexity index is 1250. The van der Waals surface area contributed by atoms with Gasteiger partial charge in [-0.25, -0.2) is 14.7 Å². The lowest BCUT2D eigenvalue weighted by molar-refractivity contribution is -0.122. The molecule has 1 aliphatic rings. The molecule has 1 fully saturated rings. The minimum Gasteiger partial charge on any atom is -0.303 e. The predicted octanol–water partition coefficient (Wildman–Crippen LogP) is 3.77. The number of rotatable bonds is 3. The normalized spacial score (nSPS) is 15.5. The maximum absolute atomic E-state index is 13.2. The Labute approximate surface area is 180 Å². The van der Waals surface area contributed by atoms with Crippen LogP contribution >= 0.6 is 0 Å². The van der Waals surface area contributed by atoms with E-state index in [1.165, 1.54) is 6.08 Å². The van der Waals surface area contributed by atoms with Crippen molar-refractivity contribution in [2.45, 2.75) is 27.7 Å². The Morgan fingerprint density at radius 2 is 1.71 bits per heavy atom. The van der Waals surface area contributed by atoms with Gasteiger partial charge < -0.3 is 4.57 Å². The maximum Gasteiger partial charge on any atom is 0.335 e. The van der Waals surface area contributed by atoms with E-state index in [9.17, 15) is 14.4 Å². The highest BCUT2D eigenvalue weighted by molar-refractivity contribution is 6.39. The van der Waals surface area contributed by atoms with Crippen molar-refractivity contribution in [3.05, 3.63) is 82.3 Å². The molecule has 31 heavy (non-hydrogen) atoms. The van der Waals surface area contributed by atoms with Crippen LogP contribution < -0.4 is 10.2 Å². The number of carbonyl (C=O) groups excluding carboxylic acids is 3. The third kappa shape index (κ3) is 3.54. The number of benzene rings is 1. The zero-order valence-electron chi connectivity index (χ0n) is 17.8. The Morgan fingerprint density at radius 1 is 0.968 bits per heavy atom. The SMILES string of the molecule is Cc1ccc(-n2c(C)cc(/C=C3/C(=O)NC(=O)N(c4ccccc4C)C3=O)c2C)nc1. The van der Waals surface area contributed by atoms with Crippen LogP contribution in [0, 0.1) is 27.7 Å². The summed E-state index contributed by atoms with van der Waals surface area (Å²) in [4.78, 5) is 43.6. The molecule has 0 bridgehead atoms. The lowest BCUT2D eigenvalue weighted by atomic mass is 10.1. The van der Waals surface area contributed by atoms with Gasteiger partial charge in [0.25, 0.3) is 11.8 Å². The van der Waals surface area contributed by atoms with Gasteiger partial charge in [0.05, 0.1) is 5.69 Å². The lowest BCUT2D eigenvalue weighted by Crippen LogP contribution is -2.54. The van der Waals surface area contributed by atoms with Crippen molar-refractivity contribution < 1.29 is 14.4 Å². The second kappa shape index (κ2) is 7.68. The fraction of sp³-hybridized carbons (Fsp3) is 0.167. The van der Waals surface area contributed by atoms with E-state index in [0.717, 1.165) is 33.2 Å². The first kappa shape index (κ1) is 20.3. The van der Waals surface area contributed by atoms with E-state index in [4.69, 9.17) is 0 Å². The molecule has 7 nitrogen and oxygen atoms in total. The van der Waals surface area contributed by atoms with Crippen molar-refractivity contribution in [1.82, 2.24) is 14.9 Å². The molecule has 3 heterocycles. The van der Waals surface area contributed by atoms with Gasteiger partial charge in [0.2, 0.25) is 0 Å². The molecule has 3 aromatic rings. The zero-order chi connectivity index (χ0) is 22.3. The average molecular weight is 414 g/mol. The largest absolute Gasteiger partial charge is 0.335 e. The number of barbiturate groups is 1. The van der Waals surface area contributed by atoms with Crippen LogP contribution in [0.25, 0.3) is 11.9 Å². The number of aryl methyl sites for hydroxylation is 3. The first-order chi connectivity index (χ1) is 14.8. The number of amides is 4. The average Bonchev–Trinajstić information content (AvgIpc) is 3.00. The number of nitrogens with one attached hydrogen (secondary N) is 1. The Balaban J connectivity index is 1.77. The van der Waals surface area contributed by atoms with Crippen molar-refractivity contribution >= 4 is 29.6 Å². The summed E-state index contributed by atoms with van der Waals surface area (Å²) < 4.78 is 1.96. The van der Waals surface area contributed by atoms with Crippen LogP contribution in [-0.2, 0) is 9.59 Å². The van der Waals surface area contributed by atoms with Gasteiger partial charge in [-0.1, -0.05) is 24.3 Å². The highest BCUT2D eigenvalue weighted by atomic mass is 16.2. The Hall–Kier alpha value is -4.00. The number of carbonyl (C=O) groups is 3. The van der Waals surface area contributed by atoms with Crippen molar-refractivity contribution in [3.63, 3.8) is 0 Å². The number of aromatic nitrogens is 2. The van der Waals surface area contributed by atoms with E-state index in [2.05, 4.69) is 10.3 Å². The zero-order valence-corrected chi connectivity index (χ0v) is 17.8. The summed E-state index contributed by atoms with van der Waals surface area (Å²) in [5, 5.41) is 2.27. The highest BCUT2D eigenvalue weighted by Crippen LogP contribution is 2.27. The molecular weight excluding hydrogens is 392 g/mol. The fourth-order valence-electron chi connectivity index (χ4n) is 3.72. The number of hydrogen-bond acceptors (Lipinski definition) is 4. The first-order valence-electron chi connectivity index (χ1n) is 9.87. The smallest absolute Gasteiger partial charge is 0.303 e. The maximum atomic E-state index is 13.2. The van der Waals surface area contributed by atoms with Crippen molar-refractivity contribution in [2.24, 2.45) is 0 Å². The highest BCUT2D eigenvalue weighted by Gasteiger charge is 2.37. The molecule has 0 spiro atoms. The van der Waals surface area contributed by atoms with E-state index in [-0.39, 0.29) is 5.57 Å². The molecule has 156 valence electrons. The van der Waals surface area contributed by atoms with Crippen LogP contribution in [0.5, 0.6) is 0 Å². The molecule has 0 aliphatic carbocycles. The summed E-state index contributed by atoms with van der Waals surface area (Å²) in [5.74, 6) is -0.610. The molecule has 2 aromatic heterocycles. The molecule has 1 N–H and O–H groups in total.